The highest BCUT2D eigenvalue weighted by Crippen LogP contribution is 2.32. The van der Waals surface area contributed by atoms with Crippen LogP contribution in [0.25, 0.3) is 0 Å². The number of rotatable bonds is 3. The lowest BCUT2D eigenvalue weighted by Gasteiger charge is -2.13. The van der Waals surface area contributed by atoms with Crippen LogP contribution in [0.2, 0.25) is 5.02 Å². The average Bonchev–Trinajstić information content (AvgIpc) is 2.35. The highest BCUT2D eigenvalue weighted by molar-refractivity contribution is 6.33. The molecule has 4 N–H and O–H groups in total. The highest BCUT2D eigenvalue weighted by atomic mass is 35.5. The summed E-state index contributed by atoms with van der Waals surface area (Å²) < 4.78 is 26.6. The summed E-state index contributed by atoms with van der Waals surface area (Å²) in [5.74, 6) is -2.93. The number of benzene rings is 2. The van der Waals surface area contributed by atoms with Gasteiger partial charge in [0.15, 0.2) is 5.82 Å². The predicted molar refractivity (Wildman–Crippen MR) is 72.5 cm³/mol. The molecule has 0 spiro atoms. The number of carboxylic acid groups (broad SMARTS) is 1. The Balaban J connectivity index is 2.46. The molecular formula is C13H9ClF2N2O2. The fourth-order valence-corrected chi connectivity index (χ4v) is 1.90. The number of hydrogen-bond donors (Lipinski definition) is 3. The van der Waals surface area contributed by atoms with Crippen molar-refractivity contribution in [3.63, 3.8) is 0 Å². The normalized spacial score (nSPS) is 10.3. The van der Waals surface area contributed by atoms with E-state index in [1.165, 1.54) is 18.2 Å². The van der Waals surface area contributed by atoms with Gasteiger partial charge < -0.3 is 16.2 Å². The third kappa shape index (κ3) is 2.65. The SMILES string of the molecule is Nc1c(Nc2c(F)cc(F)cc2Cl)cccc1C(=O)O. The summed E-state index contributed by atoms with van der Waals surface area (Å²) in [7, 11) is 0. The molecule has 0 unspecified atom stereocenters. The molecule has 0 aliphatic heterocycles. The minimum absolute atomic E-state index is 0.0696. The third-order valence-corrected chi connectivity index (χ3v) is 2.90. The number of para-hydroxylation sites is 1. The molecule has 0 aliphatic rings. The van der Waals surface area contributed by atoms with E-state index in [1.807, 2.05) is 0 Å². The zero-order chi connectivity index (χ0) is 14.9. The van der Waals surface area contributed by atoms with Gasteiger partial charge in [0.05, 0.1) is 27.6 Å². The van der Waals surface area contributed by atoms with Gasteiger partial charge in [-0.2, -0.15) is 0 Å². The molecule has 0 atom stereocenters. The summed E-state index contributed by atoms with van der Waals surface area (Å²) in [5.41, 5.74) is 5.46. The molecule has 0 aliphatic carbocycles. The van der Waals surface area contributed by atoms with Gasteiger partial charge in [-0.25, -0.2) is 13.6 Å². The number of aromatic carboxylic acids is 1. The molecule has 20 heavy (non-hydrogen) atoms. The van der Waals surface area contributed by atoms with Crippen molar-refractivity contribution >= 4 is 34.6 Å². The molecule has 2 rings (SSSR count). The molecule has 0 saturated carbocycles. The molecule has 0 bridgehead atoms. The monoisotopic (exact) mass is 298 g/mol. The lowest BCUT2D eigenvalue weighted by atomic mass is 10.1. The van der Waals surface area contributed by atoms with Crippen LogP contribution >= 0.6 is 11.6 Å². The Hall–Kier alpha value is -2.34. The topological polar surface area (TPSA) is 75.3 Å². The molecule has 0 aromatic heterocycles. The number of carbonyl (C=O) groups is 1. The molecule has 0 amide bonds. The second-order valence-corrected chi connectivity index (χ2v) is 4.35. The number of nitrogens with two attached hydrogens (primary N) is 1. The Morgan fingerprint density at radius 2 is 2.00 bits per heavy atom. The van der Waals surface area contributed by atoms with Gasteiger partial charge in [-0.05, 0) is 18.2 Å². The van der Waals surface area contributed by atoms with Crippen LogP contribution in [0.5, 0.6) is 0 Å². The highest BCUT2D eigenvalue weighted by Gasteiger charge is 2.15. The van der Waals surface area contributed by atoms with Crippen molar-refractivity contribution in [3.05, 3.63) is 52.6 Å². The van der Waals surface area contributed by atoms with E-state index in [4.69, 9.17) is 22.4 Å². The van der Waals surface area contributed by atoms with Crippen LogP contribution in [0.1, 0.15) is 10.4 Å². The van der Waals surface area contributed by atoms with E-state index in [0.717, 1.165) is 6.07 Å². The first kappa shape index (κ1) is 14.1. The zero-order valence-electron chi connectivity index (χ0n) is 9.95. The maximum absolute atomic E-state index is 13.6. The second-order valence-electron chi connectivity index (χ2n) is 3.94. The van der Waals surface area contributed by atoms with Crippen LogP contribution in [-0.2, 0) is 0 Å². The van der Waals surface area contributed by atoms with E-state index in [0.29, 0.717) is 6.07 Å². The van der Waals surface area contributed by atoms with Gasteiger partial charge in [0.25, 0.3) is 0 Å². The largest absolute Gasteiger partial charge is 0.478 e. The van der Waals surface area contributed by atoms with Crippen LogP contribution in [-0.4, -0.2) is 11.1 Å². The number of anilines is 3. The van der Waals surface area contributed by atoms with Crippen LogP contribution < -0.4 is 11.1 Å². The van der Waals surface area contributed by atoms with E-state index in [2.05, 4.69) is 5.32 Å². The summed E-state index contributed by atoms with van der Waals surface area (Å²) in [4.78, 5) is 10.9. The molecule has 0 fully saturated rings. The summed E-state index contributed by atoms with van der Waals surface area (Å²) >= 11 is 5.74. The van der Waals surface area contributed by atoms with Crippen LogP contribution in [0.4, 0.5) is 25.8 Å². The van der Waals surface area contributed by atoms with Gasteiger partial charge in [0, 0.05) is 6.07 Å². The maximum atomic E-state index is 13.6. The van der Waals surface area contributed by atoms with Crippen LogP contribution in [0.15, 0.2) is 30.3 Å². The second kappa shape index (κ2) is 5.34. The molecule has 2 aromatic rings. The predicted octanol–water partition coefficient (Wildman–Crippen LogP) is 3.64. The maximum Gasteiger partial charge on any atom is 0.337 e. The quantitative estimate of drug-likeness (QED) is 0.756. The molecule has 104 valence electrons. The number of halogens is 3. The first-order valence-corrected chi connectivity index (χ1v) is 5.81. The van der Waals surface area contributed by atoms with Crippen LogP contribution in [0.3, 0.4) is 0 Å². The van der Waals surface area contributed by atoms with Gasteiger partial charge in [-0.3, -0.25) is 0 Å². The van der Waals surface area contributed by atoms with Crippen molar-refractivity contribution in [2.45, 2.75) is 0 Å². The Bertz CT molecular complexity index is 669. The van der Waals surface area contributed by atoms with Crippen molar-refractivity contribution in [1.29, 1.82) is 0 Å². The molecule has 0 heterocycles. The third-order valence-electron chi connectivity index (χ3n) is 2.60. The van der Waals surface area contributed by atoms with Gasteiger partial charge in [0.2, 0.25) is 0 Å². The Morgan fingerprint density at radius 3 is 2.60 bits per heavy atom. The van der Waals surface area contributed by atoms with Crippen molar-refractivity contribution in [2.75, 3.05) is 11.1 Å². The van der Waals surface area contributed by atoms with E-state index < -0.39 is 17.6 Å². The Labute approximate surface area is 117 Å². The van der Waals surface area contributed by atoms with Crippen molar-refractivity contribution in [2.24, 2.45) is 0 Å². The molecular weight excluding hydrogens is 290 g/mol. The van der Waals surface area contributed by atoms with E-state index in [-0.39, 0.29) is 27.6 Å². The number of hydrogen-bond acceptors (Lipinski definition) is 3. The van der Waals surface area contributed by atoms with E-state index >= 15 is 0 Å². The number of nitrogen functional groups attached to an aromatic ring is 1. The number of carboxylic acids is 1. The fraction of sp³-hybridized carbons (Fsp3) is 0. The first-order chi connectivity index (χ1) is 9.40. The van der Waals surface area contributed by atoms with Crippen molar-refractivity contribution in [3.8, 4) is 0 Å². The van der Waals surface area contributed by atoms with Gasteiger partial charge in [0.1, 0.15) is 5.82 Å². The smallest absolute Gasteiger partial charge is 0.337 e. The van der Waals surface area contributed by atoms with Crippen molar-refractivity contribution in [1.82, 2.24) is 0 Å². The summed E-state index contributed by atoms with van der Waals surface area (Å²) in [6.07, 6.45) is 0. The molecule has 2 aromatic carbocycles. The first-order valence-electron chi connectivity index (χ1n) is 5.43. The molecule has 0 saturated heterocycles. The fourth-order valence-electron chi connectivity index (χ4n) is 1.66. The lowest BCUT2D eigenvalue weighted by Crippen LogP contribution is -2.06. The van der Waals surface area contributed by atoms with Gasteiger partial charge in [-0.1, -0.05) is 17.7 Å². The van der Waals surface area contributed by atoms with E-state index in [9.17, 15) is 13.6 Å². The molecule has 0 radical (unpaired) electrons. The summed E-state index contributed by atoms with van der Waals surface area (Å²) in [6.45, 7) is 0. The van der Waals surface area contributed by atoms with Gasteiger partial charge in [-0.15, -0.1) is 0 Å². The lowest BCUT2D eigenvalue weighted by molar-refractivity contribution is 0.0698. The van der Waals surface area contributed by atoms with Crippen molar-refractivity contribution < 1.29 is 18.7 Å². The average molecular weight is 299 g/mol. The minimum atomic E-state index is -1.21. The summed E-state index contributed by atoms with van der Waals surface area (Å²) in [6, 6.07) is 5.81. The summed E-state index contributed by atoms with van der Waals surface area (Å²) in [5, 5.41) is 11.3. The zero-order valence-corrected chi connectivity index (χ0v) is 10.7. The van der Waals surface area contributed by atoms with Gasteiger partial charge >= 0.3 is 5.97 Å². The van der Waals surface area contributed by atoms with Crippen LogP contribution in [0, 0.1) is 11.6 Å². The molecule has 4 nitrogen and oxygen atoms in total. The number of nitrogens with one attached hydrogen (secondary N) is 1. The standard InChI is InChI=1S/C13H9ClF2N2O2/c14-8-4-6(15)5-9(16)12(8)18-10-3-1-2-7(11(10)17)13(19)20/h1-5,18H,17H2,(H,19,20). The minimum Gasteiger partial charge on any atom is -0.478 e. The Kier molecular flexibility index (Phi) is 3.76. The molecule has 7 heteroatoms. The Morgan fingerprint density at radius 1 is 1.30 bits per heavy atom. The van der Waals surface area contributed by atoms with E-state index in [1.54, 1.807) is 0 Å².